The summed E-state index contributed by atoms with van der Waals surface area (Å²) in [4.78, 5) is 22.3. The molecular weight excluding hydrogens is 212 g/mol. The summed E-state index contributed by atoms with van der Waals surface area (Å²) in [5, 5.41) is 8.42. The van der Waals surface area contributed by atoms with Crippen molar-refractivity contribution in [2.24, 2.45) is 11.8 Å². The van der Waals surface area contributed by atoms with Crippen LogP contribution < -0.4 is 0 Å². The molecule has 0 saturated carbocycles. The molecular formula is C8H7ClO5. The summed E-state index contributed by atoms with van der Waals surface area (Å²) in [6.45, 7) is 0. The van der Waals surface area contributed by atoms with Crippen LogP contribution in [0.5, 0.6) is 0 Å². The lowest BCUT2D eigenvalue weighted by molar-refractivity contribution is -0.151. The maximum Gasteiger partial charge on any atom is 0.313 e. The Morgan fingerprint density at radius 1 is 1.36 bits per heavy atom. The molecule has 0 unspecified atom stereocenters. The molecule has 14 heavy (non-hydrogen) atoms. The molecule has 0 aromatic heterocycles. The van der Waals surface area contributed by atoms with Crippen molar-refractivity contribution in [3.63, 3.8) is 0 Å². The van der Waals surface area contributed by atoms with E-state index in [1.54, 1.807) is 0 Å². The van der Waals surface area contributed by atoms with E-state index in [-0.39, 0.29) is 0 Å². The molecule has 6 heteroatoms. The highest BCUT2D eigenvalue weighted by molar-refractivity contribution is 6.22. The minimum absolute atomic E-state index is 0.448. The van der Waals surface area contributed by atoms with Crippen LogP contribution in [0, 0.1) is 11.8 Å². The summed E-state index contributed by atoms with van der Waals surface area (Å²) in [7, 11) is 0. The smallest absolute Gasteiger partial charge is 0.313 e. The summed E-state index contributed by atoms with van der Waals surface area (Å²) >= 11 is 5.94. The predicted octanol–water partition coefficient (Wildman–Crippen LogP) is -0.383. The first-order valence-corrected chi connectivity index (χ1v) is 4.78. The van der Waals surface area contributed by atoms with Gasteiger partial charge in [-0.05, 0) is 0 Å². The number of halogens is 1. The van der Waals surface area contributed by atoms with Crippen molar-refractivity contribution in [2.45, 2.75) is 23.7 Å². The van der Waals surface area contributed by atoms with Crippen molar-refractivity contribution in [3.05, 3.63) is 0 Å². The van der Waals surface area contributed by atoms with Gasteiger partial charge in [0.05, 0.1) is 6.10 Å². The van der Waals surface area contributed by atoms with Gasteiger partial charge >= 0.3 is 11.9 Å². The Labute approximate surface area is 83.9 Å². The molecule has 0 spiro atoms. The minimum atomic E-state index is -1.04. The van der Waals surface area contributed by atoms with Gasteiger partial charge in [-0.3, -0.25) is 9.59 Å². The van der Waals surface area contributed by atoms with Crippen molar-refractivity contribution in [3.8, 4) is 0 Å². The summed E-state index contributed by atoms with van der Waals surface area (Å²) in [5.74, 6) is -3.02. The number of aliphatic carboxylic acids is 1. The molecule has 3 heterocycles. The summed E-state index contributed by atoms with van der Waals surface area (Å²) in [5.41, 5.74) is 0. The van der Waals surface area contributed by atoms with Gasteiger partial charge in [0.25, 0.3) is 0 Å². The van der Waals surface area contributed by atoms with Gasteiger partial charge in [-0.15, -0.1) is 11.6 Å². The third-order valence-electron chi connectivity index (χ3n) is 3.17. The van der Waals surface area contributed by atoms with Crippen LogP contribution in [0.2, 0.25) is 0 Å². The highest BCUT2D eigenvalue weighted by Crippen LogP contribution is 2.51. The van der Waals surface area contributed by atoms with Gasteiger partial charge in [0.2, 0.25) is 0 Å². The number of rotatable bonds is 1. The first kappa shape index (κ1) is 8.49. The number of fused-ring (bicyclic) bond motifs is 1. The SMILES string of the molecule is O=C(O)[C@@H]1[C@H]2O[C@H]3[C@@H](OC(=O)[C@H]31)[C@H]2Cl. The van der Waals surface area contributed by atoms with Crippen LogP contribution in [0.1, 0.15) is 0 Å². The van der Waals surface area contributed by atoms with Crippen molar-refractivity contribution in [2.75, 3.05) is 0 Å². The zero-order valence-electron chi connectivity index (χ0n) is 6.92. The summed E-state index contributed by atoms with van der Waals surface area (Å²) in [6, 6.07) is 0. The second kappa shape index (κ2) is 2.41. The van der Waals surface area contributed by atoms with Gasteiger partial charge in [-0.2, -0.15) is 0 Å². The first-order chi connectivity index (χ1) is 6.61. The van der Waals surface area contributed by atoms with E-state index >= 15 is 0 Å². The molecule has 3 fully saturated rings. The van der Waals surface area contributed by atoms with Crippen LogP contribution in [-0.2, 0) is 19.1 Å². The predicted molar refractivity (Wildman–Crippen MR) is 42.8 cm³/mol. The van der Waals surface area contributed by atoms with Gasteiger partial charge in [0.15, 0.2) is 0 Å². The fourth-order valence-electron chi connectivity index (χ4n) is 2.60. The molecule has 0 aromatic rings. The second-order valence-corrected chi connectivity index (χ2v) is 4.30. The normalized spacial score (nSPS) is 53.6. The molecule has 0 aliphatic carbocycles. The Kier molecular flexibility index (Phi) is 1.46. The van der Waals surface area contributed by atoms with Crippen LogP contribution >= 0.6 is 11.6 Å². The average Bonchev–Trinajstić information content (AvgIpc) is 2.67. The molecule has 5 nitrogen and oxygen atoms in total. The number of carboxylic acid groups (broad SMARTS) is 1. The molecule has 0 radical (unpaired) electrons. The monoisotopic (exact) mass is 218 g/mol. The van der Waals surface area contributed by atoms with E-state index in [1.807, 2.05) is 0 Å². The zero-order chi connectivity index (χ0) is 10.0. The molecule has 1 N–H and O–H groups in total. The number of hydrogen-bond acceptors (Lipinski definition) is 4. The molecule has 3 aliphatic rings. The van der Waals surface area contributed by atoms with Crippen molar-refractivity contribution < 1.29 is 24.2 Å². The average molecular weight is 219 g/mol. The van der Waals surface area contributed by atoms with E-state index in [0.717, 1.165) is 0 Å². The Morgan fingerprint density at radius 3 is 2.71 bits per heavy atom. The highest BCUT2D eigenvalue weighted by Gasteiger charge is 2.70. The largest absolute Gasteiger partial charge is 0.481 e. The topological polar surface area (TPSA) is 72.8 Å². The Hall–Kier alpha value is -0.810. The second-order valence-electron chi connectivity index (χ2n) is 3.80. The van der Waals surface area contributed by atoms with Crippen LogP contribution in [0.25, 0.3) is 0 Å². The molecule has 3 saturated heterocycles. The van der Waals surface area contributed by atoms with E-state index in [1.165, 1.54) is 0 Å². The molecule has 0 aromatic carbocycles. The van der Waals surface area contributed by atoms with E-state index in [4.69, 9.17) is 26.2 Å². The van der Waals surface area contributed by atoms with E-state index in [2.05, 4.69) is 0 Å². The van der Waals surface area contributed by atoms with Crippen LogP contribution in [0.3, 0.4) is 0 Å². The third-order valence-corrected chi connectivity index (χ3v) is 3.67. The first-order valence-electron chi connectivity index (χ1n) is 4.34. The van der Waals surface area contributed by atoms with Gasteiger partial charge in [-0.25, -0.2) is 0 Å². The maximum absolute atomic E-state index is 11.3. The molecule has 3 aliphatic heterocycles. The van der Waals surface area contributed by atoms with E-state index in [9.17, 15) is 9.59 Å². The molecule has 6 atom stereocenters. The van der Waals surface area contributed by atoms with Gasteiger partial charge < -0.3 is 14.6 Å². The van der Waals surface area contributed by atoms with E-state index in [0.29, 0.717) is 0 Å². The van der Waals surface area contributed by atoms with Crippen molar-refractivity contribution in [1.29, 1.82) is 0 Å². The van der Waals surface area contributed by atoms with Crippen LogP contribution in [-0.4, -0.2) is 40.7 Å². The van der Waals surface area contributed by atoms with Crippen LogP contribution in [0.15, 0.2) is 0 Å². The minimum Gasteiger partial charge on any atom is -0.481 e. The molecule has 3 rings (SSSR count). The van der Waals surface area contributed by atoms with Gasteiger partial charge in [0, 0.05) is 0 Å². The fraction of sp³-hybridized carbons (Fsp3) is 0.750. The number of carbonyl (C=O) groups excluding carboxylic acids is 1. The Bertz CT molecular complexity index is 330. The number of carbonyl (C=O) groups is 2. The standard InChI is InChI=1S/C8H7ClO5/c9-3-4-1(7(10)11)2-5(13-4)6(3)14-8(2)12/h1-6H,(H,10,11)/t1-,2-,3-,4+,5+,6-/m0/s1. The highest BCUT2D eigenvalue weighted by atomic mass is 35.5. The van der Waals surface area contributed by atoms with Gasteiger partial charge in [0.1, 0.15) is 29.4 Å². The number of esters is 1. The van der Waals surface area contributed by atoms with Crippen LogP contribution in [0.4, 0.5) is 0 Å². The third kappa shape index (κ3) is 0.757. The maximum atomic E-state index is 11.3. The number of carboxylic acids is 1. The lowest BCUT2D eigenvalue weighted by Gasteiger charge is -2.20. The number of hydrogen-bond donors (Lipinski definition) is 1. The number of alkyl halides is 1. The molecule has 0 amide bonds. The molecule has 2 bridgehead atoms. The Morgan fingerprint density at radius 2 is 2.07 bits per heavy atom. The summed E-state index contributed by atoms with van der Waals surface area (Å²) in [6.07, 6.45) is -1.48. The number of ether oxygens (including phenoxy) is 2. The summed E-state index contributed by atoms with van der Waals surface area (Å²) < 4.78 is 10.3. The van der Waals surface area contributed by atoms with Gasteiger partial charge in [-0.1, -0.05) is 0 Å². The van der Waals surface area contributed by atoms with Crippen molar-refractivity contribution in [1.82, 2.24) is 0 Å². The fourth-order valence-corrected chi connectivity index (χ4v) is 3.01. The molecule has 76 valence electrons. The lowest BCUT2D eigenvalue weighted by atomic mass is 9.80. The van der Waals surface area contributed by atoms with E-state index < -0.39 is 47.5 Å². The lowest BCUT2D eigenvalue weighted by Crippen LogP contribution is -2.42. The zero-order valence-corrected chi connectivity index (χ0v) is 7.68. The Balaban J connectivity index is 2.04. The van der Waals surface area contributed by atoms with Crippen molar-refractivity contribution >= 4 is 23.5 Å². The quantitative estimate of drug-likeness (QED) is 0.480.